The largest absolute Gasteiger partial charge is 0.478 e. The fraction of sp³-hybridized carbons (Fsp3) is 0.364. The van der Waals surface area contributed by atoms with Crippen LogP contribution in [0.25, 0.3) is 0 Å². The molecular formula is C22H30O6. The lowest BCUT2D eigenvalue weighted by molar-refractivity contribution is 0.0686. The molecule has 0 radical (unpaired) electrons. The van der Waals surface area contributed by atoms with Crippen LogP contribution in [0.1, 0.15) is 52.1 Å². The zero-order valence-electron chi connectivity index (χ0n) is 16.8. The molecule has 2 unspecified atom stereocenters. The van der Waals surface area contributed by atoms with E-state index in [1.165, 1.54) is 0 Å². The number of benzene rings is 2. The molecule has 2 aromatic carbocycles. The van der Waals surface area contributed by atoms with Gasteiger partial charge in [-0.25, -0.2) is 9.59 Å². The fourth-order valence-electron chi connectivity index (χ4n) is 1.92. The van der Waals surface area contributed by atoms with Crippen LogP contribution in [0.2, 0.25) is 0 Å². The van der Waals surface area contributed by atoms with Crippen LogP contribution in [0.15, 0.2) is 48.5 Å². The van der Waals surface area contributed by atoms with Crippen molar-refractivity contribution in [3.63, 3.8) is 0 Å². The fourth-order valence-corrected chi connectivity index (χ4v) is 1.92. The number of rotatable bonds is 5. The molecule has 0 aliphatic carbocycles. The Hall–Kier alpha value is -2.70. The molecule has 0 saturated heterocycles. The van der Waals surface area contributed by atoms with Crippen LogP contribution >= 0.6 is 0 Å². The Balaban J connectivity index is 0.000000394. The Morgan fingerprint density at radius 1 is 0.821 bits per heavy atom. The molecule has 2 aromatic rings. The number of carboxylic acids is 2. The Bertz CT molecular complexity index is 643. The van der Waals surface area contributed by atoms with Crippen molar-refractivity contribution in [1.82, 2.24) is 0 Å². The number of carbonyl (C=O) groups is 2. The number of hydrogen-bond donors (Lipinski definition) is 4. The van der Waals surface area contributed by atoms with E-state index in [0.29, 0.717) is 11.1 Å². The third kappa shape index (κ3) is 10.4. The summed E-state index contributed by atoms with van der Waals surface area (Å²) in [6.45, 7) is 7.65. The predicted molar refractivity (Wildman–Crippen MR) is 109 cm³/mol. The summed E-state index contributed by atoms with van der Waals surface area (Å²) >= 11 is 0. The van der Waals surface area contributed by atoms with E-state index in [4.69, 9.17) is 20.4 Å². The van der Waals surface area contributed by atoms with Gasteiger partial charge in [0.25, 0.3) is 0 Å². The van der Waals surface area contributed by atoms with Crippen molar-refractivity contribution in [3.8, 4) is 0 Å². The zero-order chi connectivity index (χ0) is 21.7. The second kappa shape index (κ2) is 13.5. The highest BCUT2D eigenvalue weighted by atomic mass is 16.4. The molecule has 0 saturated carbocycles. The van der Waals surface area contributed by atoms with Gasteiger partial charge in [-0.15, -0.1) is 0 Å². The lowest BCUT2D eigenvalue weighted by atomic mass is 10.0. The molecule has 28 heavy (non-hydrogen) atoms. The van der Waals surface area contributed by atoms with E-state index < -0.39 is 11.9 Å². The monoisotopic (exact) mass is 390 g/mol. The van der Waals surface area contributed by atoms with Gasteiger partial charge in [0, 0.05) is 12.5 Å². The maximum atomic E-state index is 10.3. The molecule has 0 spiro atoms. The molecule has 0 aliphatic heterocycles. The second-order valence-corrected chi connectivity index (χ2v) is 6.48. The molecule has 6 heteroatoms. The highest BCUT2D eigenvalue weighted by Crippen LogP contribution is 2.04. The lowest BCUT2D eigenvalue weighted by Crippen LogP contribution is -2.19. The van der Waals surface area contributed by atoms with E-state index in [-0.39, 0.29) is 18.6 Å². The smallest absolute Gasteiger partial charge is 0.335 e. The molecular weight excluding hydrogens is 360 g/mol. The van der Waals surface area contributed by atoms with Crippen molar-refractivity contribution in [2.45, 2.75) is 40.2 Å². The Morgan fingerprint density at radius 3 is 1.32 bits per heavy atom. The number of aliphatic hydroxyl groups excluding tert-OH is 2. The highest BCUT2D eigenvalue weighted by Gasteiger charge is 2.08. The standard InChI is InChI=1S/2C8H8O2.C6H14O2/c2*1-6-2-4-7(5-3-6)8(9)10;1-3-6(8)5(2)4-7/h2*2-5H,1H3,(H,9,10);5-8H,3-4H2,1-2H3. The second-order valence-electron chi connectivity index (χ2n) is 6.48. The third-order valence-corrected chi connectivity index (χ3v) is 3.96. The summed E-state index contributed by atoms with van der Waals surface area (Å²) in [4.78, 5) is 20.6. The van der Waals surface area contributed by atoms with Gasteiger partial charge >= 0.3 is 11.9 Å². The molecule has 0 aromatic heterocycles. The Labute approximate surface area is 166 Å². The maximum absolute atomic E-state index is 10.3. The maximum Gasteiger partial charge on any atom is 0.335 e. The van der Waals surface area contributed by atoms with Crippen molar-refractivity contribution in [2.24, 2.45) is 5.92 Å². The lowest BCUT2D eigenvalue weighted by Gasteiger charge is -2.12. The van der Waals surface area contributed by atoms with E-state index in [1.807, 2.05) is 27.7 Å². The molecule has 2 atom stereocenters. The van der Waals surface area contributed by atoms with Gasteiger partial charge in [0.2, 0.25) is 0 Å². The molecule has 2 rings (SSSR count). The van der Waals surface area contributed by atoms with Crippen LogP contribution in [0, 0.1) is 19.8 Å². The van der Waals surface area contributed by atoms with Crippen molar-refractivity contribution in [1.29, 1.82) is 0 Å². The van der Waals surface area contributed by atoms with Gasteiger partial charge in [-0.2, -0.15) is 0 Å². The average molecular weight is 390 g/mol. The predicted octanol–water partition coefficient (Wildman–Crippen LogP) is 3.77. The molecule has 0 heterocycles. The minimum atomic E-state index is -0.875. The Kier molecular flexibility index (Phi) is 12.2. The van der Waals surface area contributed by atoms with Gasteiger partial charge in [0.05, 0.1) is 17.2 Å². The van der Waals surface area contributed by atoms with Crippen LogP contribution in [0.3, 0.4) is 0 Å². The number of aromatic carboxylic acids is 2. The topological polar surface area (TPSA) is 115 Å². The van der Waals surface area contributed by atoms with Crippen molar-refractivity contribution in [2.75, 3.05) is 6.61 Å². The molecule has 0 aliphatic rings. The van der Waals surface area contributed by atoms with E-state index in [2.05, 4.69) is 0 Å². The van der Waals surface area contributed by atoms with Gasteiger partial charge in [-0.1, -0.05) is 49.2 Å². The number of hydrogen-bond acceptors (Lipinski definition) is 4. The van der Waals surface area contributed by atoms with Crippen molar-refractivity contribution >= 4 is 11.9 Å². The van der Waals surface area contributed by atoms with Crippen molar-refractivity contribution < 1.29 is 30.0 Å². The first-order valence-electron chi connectivity index (χ1n) is 9.01. The first kappa shape index (κ1) is 25.3. The van der Waals surface area contributed by atoms with Crippen LogP contribution < -0.4 is 0 Å². The van der Waals surface area contributed by atoms with E-state index in [9.17, 15) is 9.59 Å². The summed E-state index contributed by atoms with van der Waals surface area (Å²) in [6.07, 6.45) is 0.391. The van der Waals surface area contributed by atoms with Gasteiger partial charge in [0.1, 0.15) is 0 Å². The van der Waals surface area contributed by atoms with Gasteiger partial charge < -0.3 is 20.4 Å². The highest BCUT2D eigenvalue weighted by molar-refractivity contribution is 5.87. The number of aryl methyl sites for hydroxylation is 2. The summed E-state index contributed by atoms with van der Waals surface area (Å²) in [7, 11) is 0. The van der Waals surface area contributed by atoms with Crippen LogP contribution in [0.5, 0.6) is 0 Å². The van der Waals surface area contributed by atoms with Crippen LogP contribution in [0.4, 0.5) is 0 Å². The number of carboxylic acid groups (broad SMARTS) is 2. The summed E-state index contributed by atoms with van der Waals surface area (Å²) in [6, 6.07) is 13.5. The van der Waals surface area contributed by atoms with E-state index in [1.54, 1.807) is 48.5 Å². The first-order valence-corrected chi connectivity index (χ1v) is 9.01. The van der Waals surface area contributed by atoms with Crippen LogP contribution in [-0.4, -0.2) is 45.1 Å². The van der Waals surface area contributed by atoms with Gasteiger partial charge in [0.15, 0.2) is 0 Å². The third-order valence-electron chi connectivity index (χ3n) is 3.96. The molecule has 0 bridgehead atoms. The average Bonchev–Trinajstić information content (AvgIpc) is 2.68. The first-order chi connectivity index (χ1) is 13.1. The molecule has 154 valence electrons. The normalized spacial score (nSPS) is 11.8. The molecule has 6 nitrogen and oxygen atoms in total. The zero-order valence-corrected chi connectivity index (χ0v) is 16.8. The van der Waals surface area contributed by atoms with E-state index in [0.717, 1.165) is 17.5 Å². The minimum Gasteiger partial charge on any atom is -0.478 e. The summed E-state index contributed by atoms with van der Waals surface area (Å²) in [5.41, 5.74) is 2.83. The van der Waals surface area contributed by atoms with E-state index >= 15 is 0 Å². The van der Waals surface area contributed by atoms with Crippen molar-refractivity contribution in [3.05, 3.63) is 70.8 Å². The quantitative estimate of drug-likeness (QED) is 0.618. The van der Waals surface area contributed by atoms with Gasteiger partial charge in [-0.3, -0.25) is 0 Å². The molecule has 4 N–H and O–H groups in total. The molecule has 0 amide bonds. The minimum absolute atomic E-state index is 0.0278. The van der Waals surface area contributed by atoms with Gasteiger partial charge in [-0.05, 0) is 44.5 Å². The SMILES string of the molecule is CCC(O)C(C)CO.Cc1ccc(C(=O)O)cc1.Cc1ccc(C(=O)O)cc1. The molecule has 0 fully saturated rings. The summed E-state index contributed by atoms with van der Waals surface area (Å²) in [5.74, 6) is -1.72. The number of aliphatic hydroxyl groups is 2. The van der Waals surface area contributed by atoms with Crippen LogP contribution in [-0.2, 0) is 0 Å². The summed E-state index contributed by atoms with van der Waals surface area (Å²) < 4.78 is 0. The summed E-state index contributed by atoms with van der Waals surface area (Å²) in [5, 5.41) is 34.4. The Morgan fingerprint density at radius 2 is 1.14 bits per heavy atom.